The summed E-state index contributed by atoms with van der Waals surface area (Å²) in [7, 11) is -3.60. The van der Waals surface area contributed by atoms with E-state index in [1.165, 1.54) is 83.4 Å². The molecule has 0 unspecified atom stereocenters. The van der Waals surface area contributed by atoms with Crippen LogP contribution in [0.2, 0.25) is 0 Å². The van der Waals surface area contributed by atoms with E-state index in [-0.39, 0.29) is 24.5 Å². The van der Waals surface area contributed by atoms with Crippen LogP contribution in [0.25, 0.3) is 0 Å². The van der Waals surface area contributed by atoms with Crippen LogP contribution in [0.3, 0.4) is 0 Å². The van der Waals surface area contributed by atoms with Crippen molar-refractivity contribution in [3.63, 3.8) is 0 Å². The molecule has 0 aliphatic heterocycles. The van der Waals surface area contributed by atoms with E-state index < -0.39 is 47.2 Å². The van der Waals surface area contributed by atoms with E-state index in [4.69, 9.17) is 0 Å². The van der Waals surface area contributed by atoms with E-state index in [1.807, 2.05) is 165 Å². The van der Waals surface area contributed by atoms with Crippen LogP contribution in [0.1, 0.15) is 122 Å². The summed E-state index contributed by atoms with van der Waals surface area (Å²) < 4.78 is 115. The van der Waals surface area contributed by atoms with Crippen molar-refractivity contribution in [2.45, 2.75) is 84.0 Å². The summed E-state index contributed by atoms with van der Waals surface area (Å²) >= 11 is 0. The van der Waals surface area contributed by atoms with Gasteiger partial charge in [-0.2, -0.15) is 26.3 Å². The number of benzene rings is 18. The van der Waals surface area contributed by atoms with Gasteiger partial charge in [0.2, 0.25) is 0 Å². The van der Waals surface area contributed by atoms with Crippen LogP contribution in [-0.2, 0) is 70.1 Å². The Balaban J connectivity index is 0.000000145. The second-order valence-electron chi connectivity index (χ2n) is 33.3. The Hall–Kier alpha value is -13.3. The molecule has 0 amide bonds. The number of aryl methyl sites for hydroxylation is 2. The van der Waals surface area contributed by atoms with Gasteiger partial charge in [-0.25, -0.2) is 8.78 Å². The topological polar surface area (TPSA) is 0 Å². The van der Waals surface area contributed by atoms with E-state index in [1.54, 1.807) is 36.4 Å². The number of hydrogen-bond donors (Lipinski definition) is 0. The summed E-state index contributed by atoms with van der Waals surface area (Å²) in [5, 5.41) is 10.0. The van der Waals surface area contributed by atoms with Gasteiger partial charge >= 0.3 is 12.4 Å². The Morgan fingerprint density at radius 2 is 0.333 bits per heavy atom. The molecule has 18 rings (SSSR count). The first-order chi connectivity index (χ1) is 64.3. The zero-order chi connectivity index (χ0) is 91.2. The van der Waals surface area contributed by atoms with Gasteiger partial charge in [-0.05, 0) is 292 Å². The Morgan fingerprint density at radius 3 is 0.553 bits per heavy atom. The van der Waals surface area contributed by atoms with E-state index in [0.717, 1.165) is 104 Å². The Kier molecular flexibility index (Phi) is 30.7. The molecule has 11 heteroatoms. The largest absolute Gasteiger partial charge is 0.416 e. The minimum atomic E-state index is -4.57. The van der Waals surface area contributed by atoms with Crippen molar-refractivity contribution in [2.75, 3.05) is 0 Å². The number of alkyl halides is 6. The summed E-state index contributed by atoms with van der Waals surface area (Å²) in [6.45, 7) is 4.11. The summed E-state index contributed by atoms with van der Waals surface area (Å²) in [5.41, 5.74) is 20.3. The lowest BCUT2D eigenvalue weighted by molar-refractivity contribution is -0.138. The molecule has 654 valence electrons. The first-order valence-corrected chi connectivity index (χ1v) is 48.5. The van der Waals surface area contributed by atoms with E-state index in [2.05, 4.69) is 244 Å². The Labute approximate surface area is 774 Å². The third-order valence-electron chi connectivity index (χ3n) is 23.6. The smallest absolute Gasteiger partial charge is 0.207 e. The van der Waals surface area contributed by atoms with Crippen LogP contribution in [-0.4, -0.2) is 0 Å². The fraction of sp³-hybridized carbons (Fsp3) is 0.107. The van der Waals surface area contributed by atoms with E-state index >= 15 is 0 Å². The highest BCUT2D eigenvalue weighted by Gasteiger charge is 2.36. The van der Waals surface area contributed by atoms with Gasteiger partial charge in [0, 0.05) is 0 Å². The van der Waals surface area contributed by atoms with Crippen LogP contribution in [0.4, 0.5) is 35.1 Å². The van der Waals surface area contributed by atoms with Crippen molar-refractivity contribution in [2.24, 2.45) is 0 Å². The molecular weight excluding hydrogens is 1700 g/mol. The van der Waals surface area contributed by atoms with Gasteiger partial charge in [0.1, 0.15) is 11.6 Å². The summed E-state index contributed by atoms with van der Waals surface area (Å²) in [6.07, 6.45) is -3.33. The molecule has 18 aromatic carbocycles. The molecule has 0 radical (unpaired) electrons. The molecule has 132 heavy (non-hydrogen) atoms. The molecule has 0 aliphatic carbocycles. The normalized spacial score (nSPS) is 11.4. The number of hydrogen-bond acceptors (Lipinski definition) is 0. The maximum atomic E-state index is 14.9. The molecule has 0 heterocycles. The lowest BCUT2D eigenvalue weighted by atomic mass is 10.0. The molecule has 0 atom stereocenters. The highest BCUT2D eigenvalue weighted by Crippen LogP contribution is 2.45. The van der Waals surface area contributed by atoms with Gasteiger partial charge < -0.3 is 0 Å². The fourth-order valence-corrected chi connectivity index (χ4v) is 25.7. The van der Waals surface area contributed by atoms with E-state index in [0.29, 0.717) is 41.0 Å². The molecular formula is C121H99F8P3. The second kappa shape index (κ2) is 44.1. The monoisotopic (exact) mass is 1800 g/mol. The van der Waals surface area contributed by atoms with Gasteiger partial charge in [0.15, 0.2) is 0 Å². The van der Waals surface area contributed by atoms with Gasteiger partial charge in [-0.15, -0.1) is 0 Å². The van der Waals surface area contributed by atoms with Crippen LogP contribution in [0, 0.1) is 25.5 Å². The Bertz CT molecular complexity index is 6280. The molecule has 0 bridgehead atoms. The first-order valence-electron chi connectivity index (χ1n) is 44.5. The SMILES string of the molecule is Cc1ccc(P(c2ccc(C(F)(F)F)cc2Cc2ccccc2)c2ccc(C(F)(F)F)cc2Cc2ccccc2)c(Cc2ccccc2)c1.Cc1ccc(P(c2ccc(F)cc2Cc2ccccc2)c2ccc(F)cc2Cc2ccccc2)c(Cc2ccccc2)c1.c1ccc(Cc2ccccc2P(c2ccccc2Cc2ccccc2)c2ccccc2Cc2ccccc2)cc1. The molecule has 0 saturated carbocycles. The molecule has 0 aliphatic rings. The standard InChI is InChI=1S/C42H33F6P.C40H33F2P.C39H33P/c1-29-17-20-38(33(23-29)24-30-11-5-2-6-12-30)49(39-21-18-36(41(43,44)45)27-34(39)25-31-13-7-3-8-14-31)40-22-19-37(42(46,47)48)28-35(40)26-32-15-9-4-10-16-32;1-29-17-20-38(33(23-29)24-30-11-5-2-6-12-30)43(39-21-18-36(41)27-34(39)25-31-13-7-3-8-14-31)40-22-19-37(42)28-35(40)26-32-15-9-4-10-16-32;1-4-16-31(17-5-1)28-34-22-10-13-25-37(34)40(38-26-14-11-23-35(38)29-32-18-6-2-7-19-32)39-27-15-12-24-36(39)30-33-20-8-3-9-21-33/h2-23,27-28H,24-26H2,1H3;2-23,27-28H,24-26H2,1H3;1-27H,28-30H2. The predicted molar refractivity (Wildman–Crippen MR) is 538 cm³/mol. The summed E-state index contributed by atoms with van der Waals surface area (Å²) in [4.78, 5) is 0. The Morgan fingerprint density at radius 1 is 0.167 bits per heavy atom. The van der Waals surface area contributed by atoms with Crippen molar-refractivity contribution in [1.82, 2.24) is 0 Å². The molecule has 0 saturated heterocycles. The van der Waals surface area contributed by atoms with Gasteiger partial charge in [0.05, 0.1) is 11.1 Å². The third-order valence-corrected chi connectivity index (χ3v) is 31.9. The van der Waals surface area contributed by atoms with Crippen LogP contribution in [0.15, 0.2) is 455 Å². The average Bonchev–Trinajstić information content (AvgIpc) is 0.753. The predicted octanol–water partition coefficient (Wildman–Crippen LogP) is 27.6. The number of halogens is 8. The van der Waals surface area contributed by atoms with Crippen molar-refractivity contribution in [3.05, 3.63) is 589 Å². The minimum Gasteiger partial charge on any atom is -0.207 e. The average molecular weight is 1800 g/mol. The summed E-state index contributed by atoms with van der Waals surface area (Å²) in [5.74, 6) is -0.497. The summed E-state index contributed by atoms with van der Waals surface area (Å²) in [6, 6.07) is 150. The maximum absolute atomic E-state index is 14.9. The molecule has 0 N–H and O–H groups in total. The van der Waals surface area contributed by atoms with Gasteiger partial charge in [-0.1, -0.05) is 418 Å². The zero-order valence-electron chi connectivity index (χ0n) is 73.5. The lowest BCUT2D eigenvalue weighted by Crippen LogP contribution is -2.29. The quantitative estimate of drug-likeness (QED) is 0.0356. The van der Waals surface area contributed by atoms with Crippen LogP contribution >= 0.6 is 23.8 Å². The fourth-order valence-electron chi connectivity index (χ4n) is 17.4. The molecule has 0 fully saturated rings. The van der Waals surface area contributed by atoms with Crippen LogP contribution in [0.5, 0.6) is 0 Å². The van der Waals surface area contributed by atoms with Gasteiger partial charge in [0.25, 0.3) is 0 Å². The van der Waals surface area contributed by atoms with Crippen LogP contribution < -0.4 is 47.7 Å². The van der Waals surface area contributed by atoms with Crippen molar-refractivity contribution in [1.29, 1.82) is 0 Å². The number of rotatable bonds is 27. The van der Waals surface area contributed by atoms with Gasteiger partial charge in [-0.3, -0.25) is 0 Å². The van der Waals surface area contributed by atoms with Crippen molar-refractivity contribution < 1.29 is 35.1 Å². The molecule has 18 aromatic rings. The molecule has 0 aromatic heterocycles. The van der Waals surface area contributed by atoms with E-state index in [9.17, 15) is 35.1 Å². The highest BCUT2D eigenvalue weighted by atomic mass is 31.1. The van der Waals surface area contributed by atoms with Crippen molar-refractivity contribution >= 4 is 71.5 Å². The minimum absolute atomic E-state index is 0.230. The maximum Gasteiger partial charge on any atom is 0.416 e. The van der Waals surface area contributed by atoms with Crippen molar-refractivity contribution in [3.8, 4) is 0 Å². The first kappa shape index (κ1) is 92.0. The zero-order valence-corrected chi connectivity index (χ0v) is 76.2. The highest BCUT2D eigenvalue weighted by molar-refractivity contribution is 7.81. The molecule has 0 nitrogen and oxygen atoms in total. The second-order valence-corrected chi connectivity index (χ2v) is 39.7. The molecule has 0 spiro atoms. The lowest BCUT2D eigenvalue weighted by Gasteiger charge is -2.28. The third kappa shape index (κ3) is 24.3.